The van der Waals surface area contributed by atoms with Crippen molar-refractivity contribution in [2.24, 2.45) is 45.7 Å². The second-order valence-corrected chi connectivity index (χ2v) is 10.2. The lowest BCUT2D eigenvalue weighted by Crippen LogP contribution is -2.56. The molecular formula is C26H40N6O4. The van der Waals surface area contributed by atoms with Crippen LogP contribution < -0.4 is 22.5 Å². The molecule has 1 aliphatic heterocycles. The quantitative estimate of drug-likeness (QED) is 0.119. The van der Waals surface area contributed by atoms with E-state index in [-0.39, 0.29) is 43.0 Å². The zero-order valence-corrected chi connectivity index (χ0v) is 21.6. The molecule has 2 amide bonds. The Hall–Kier alpha value is -3.24. The Morgan fingerprint density at radius 3 is 2.31 bits per heavy atom. The highest BCUT2D eigenvalue weighted by Crippen LogP contribution is 2.44. The third kappa shape index (κ3) is 7.14. The number of nitrogens with zero attached hydrogens (tertiary/aromatic N) is 2. The summed E-state index contributed by atoms with van der Waals surface area (Å²) in [5.41, 5.74) is 9.26. The van der Waals surface area contributed by atoms with E-state index >= 15 is 0 Å². The smallest absolute Gasteiger partial charge is 0.248 e. The number of amides is 2. The molecule has 1 aromatic rings. The summed E-state index contributed by atoms with van der Waals surface area (Å²) >= 11 is 0. The van der Waals surface area contributed by atoms with Gasteiger partial charge >= 0.3 is 0 Å². The Balaban J connectivity index is 2.77. The highest BCUT2D eigenvalue weighted by Gasteiger charge is 2.52. The zero-order valence-electron chi connectivity index (χ0n) is 21.6. The minimum Gasteiger partial charge on any atom is -0.370 e. The maximum Gasteiger partial charge on any atom is 0.248 e. The number of allylic oxidation sites excluding steroid dienone is 1. The van der Waals surface area contributed by atoms with E-state index in [0.29, 0.717) is 13.1 Å². The standard InChI is InChI=1S/C26H40N6O4/c1-17(2)14-20(23(34)30-28)22(24(35)31-36)26(15-18(3)4,11-10-19-8-6-5-7-9-19)21(33)16-32-13-12-29-25(32)27/h5-11,17-18,20,22,36H,12-16,28H2,1-4H3,(H2,27,29)(H,30,34)(H,31,35)/b11-10+/t20-,22-,26?/m1/s1. The van der Waals surface area contributed by atoms with E-state index in [1.807, 2.05) is 58.0 Å². The summed E-state index contributed by atoms with van der Waals surface area (Å²) < 4.78 is 0. The molecule has 7 N–H and O–H groups in total. The number of benzene rings is 1. The zero-order chi connectivity index (χ0) is 26.9. The van der Waals surface area contributed by atoms with Crippen molar-refractivity contribution in [2.45, 2.75) is 40.5 Å². The molecule has 3 atom stereocenters. The third-order valence-electron chi connectivity index (χ3n) is 6.49. The van der Waals surface area contributed by atoms with E-state index in [2.05, 4.69) is 10.4 Å². The maximum atomic E-state index is 14.3. The molecule has 0 aliphatic carbocycles. The van der Waals surface area contributed by atoms with Crippen molar-refractivity contribution in [3.8, 4) is 0 Å². The molecule has 0 spiro atoms. The maximum absolute atomic E-state index is 14.3. The van der Waals surface area contributed by atoms with Crippen LogP contribution in [0.25, 0.3) is 6.08 Å². The first-order valence-electron chi connectivity index (χ1n) is 12.3. The minimum atomic E-state index is -1.45. The second kappa shape index (κ2) is 13.2. The van der Waals surface area contributed by atoms with Crippen LogP contribution >= 0.6 is 0 Å². The monoisotopic (exact) mass is 500 g/mol. The number of guanidine groups is 1. The van der Waals surface area contributed by atoms with Gasteiger partial charge in [-0.1, -0.05) is 70.2 Å². The molecule has 0 fully saturated rings. The number of nitrogens with two attached hydrogens (primary N) is 2. The van der Waals surface area contributed by atoms with Crippen molar-refractivity contribution in [3.63, 3.8) is 0 Å². The summed E-state index contributed by atoms with van der Waals surface area (Å²) in [6.45, 7) is 8.58. The summed E-state index contributed by atoms with van der Waals surface area (Å²) in [6, 6.07) is 9.38. The number of aliphatic imine (C=N–C) groups is 1. The van der Waals surface area contributed by atoms with E-state index in [1.165, 1.54) is 0 Å². The summed E-state index contributed by atoms with van der Waals surface area (Å²) in [7, 11) is 0. The molecule has 0 saturated heterocycles. The average Bonchev–Trinajstić information content (AvgIpc) is 3.25. The molecule has 36 heavy (non-hydrogen) atoms. The van der Waals surface area contributed by atoms with Gasteiger partial charge in [-0.2, -0.15) is 0 Å². The molecule has 10 heteroatoms. The fraction of sp³-hybridized carbons (Fsp3) is 0.538. The van der Waals surface area contributed by atoms with Crippen molar-refractivity contribution in [3.05, 3.63) is 42.0 Å². The molecule has 1 aromatic carbocycles. The van der Waals surface area contributed by atoms with Crippen LogP contribution in [0, 0.1) is 29.1 Å². The lowest BCUT2D eigenvalue weighted by Gasteiger charge is -2.42. The van der Waals surface area contributed by atoms with Crippen molar-refractivity contribution in [1.82, 2.24) is 15.8 Å². The fourth-order valence-electron chi connectivity index (χ4n) is 5.00. The second-order valence-electron chi connectivity index (χ2n) is 10.2. The molecule has 1 aliphatic rings. The molecule has 0 aromatic heterocycles. The Bertz CT molecular complexity index is 962. The minimum absolute atomic E-state index is 0.00704. The molecule has 198 valence electrons. The summed E-state index contributed by atoms with van der Waals surface area (Å²) in [6.07, 6.45) is 4.03. The SMILES string of the molecule is CC(C)C[C@@H](C(=O)NN)[C@H](C(=O)NO)C(/C=C/c1ccccc1)(CC(C)C)C(=O)CN1CCN=C1N. The van der Waals surface area contributed by atoms with Crippen LogP contribution in [0.15, 0.2) is 41.4 Å². The molecule has 10 nitrogen and oxygen atoms in total. The first kappa shape index (κ1) is 29.0. The predicted octanol–water partition coefficient (Wildman–Crippen LogP) is 1.71. The molecular weight excluding hydrogens is 460 g/mol. The normalized spacial score (nSPS) is 17.1. The number of hydrogen-bond acceptors (Lipinski definition) is 8. The summed E-state index contributed by atoms with van der Waals surface area (Å²) in [5.74, 6) is 1.86. The highest BCUT2D eigenvalue weighted by molar-refractivity contribution is 5.99. The third-order valence-corrected chi connectivity index (χ3v) is 6.49. The first-order chi connectivity index (χ1) is 17.0. The summed E-state index contributed by atoms with van der Waals surface area (Å²) in [4.78, 5) is 46.5. The first-order valence-corrected chi connectivity index (χ1v) is 12.3. The lowest BCUT2D eigenvalue weighted by molar-refractivity contribution is -0.151. The van der Waals surface area contributed by atoms with E-state index in [4.69, 9.17) is 11.6 Å². The van der Waals surface area contributed by atoms with E-state index in [9.17, 15) is 19.6 Å². The van der Waals surface area contributed by atoms with E-state index in [0.717, 1.165) is 5.56 Å². The van der Waals surface area contributed by atoms with Gasteiger partial charge in [0.1, 0.15) is 0 Å². The van der Waals surface area contributed by atoms with Gasteiger partial charge in [-0.05, 0) is 30.2 Å². The van der Waals surface area contributed by atoms with Crippen LogP contribution in [-0.2, 0) is 14.4 Å². The fourth-order valence-corrected chi connectivity index (χ4v) is 5.00. The van der Waals surface area contributed by atoms with Gasteiger partial charge < -0.3 is 10.6 Å². The molecule has 1 heterocycles. The van der Waals surface area contributed by atoms with Crippen molar-refractivity contribution >= 4 is 29.6 Å². The average molecular weight is 501 g/mol. The van der Waals surface area contributed by atoms with Crippen LogP contribution in [0.4, 0.5) is 0 Å². The van der Waals surface area contributed by atoms with Crippen LogP contribution in [0.3, 0.4) is 0 Å². The molecule has 2 rings (SSSR count). The number of hydroxylamine groups is 1. The highest BCUT2D eigenvalue weighted by atomic mass is 16.5. The molecule has 1 unspecified atom stereocenters. The number of Topliss-reactive ketones (excluding diaryl/α,β-unsaturated/α-hetero) is 1. The van der Waals surface area contributed by atoms with Crippen molar-refractivity contribution < 1.29 is 19.6 Å². The number of carbonyl (C=O) groups is 3. The van der Waals surface area contributed by atoms with E-state index < -0.39 is 29.1 Å². The van der Waals surface area contributed by atoms with E-state index in [1.54, 1.807) is 22.5 Å². The van der Waals surface area contributed by atoms with Gasteiger partial charge in [0, 0.05) is 6.54 Å². The Morgan fingerprint density at radius 1 is 1.14 bits per heavy atom. The number of rotatable bonds is 13. The van der Waals surface area contributed by atoms with Gasteiger partial charge in [0.25, 0.3) is 0 Å². The van der Waals surface area contributed by atoms with Crippen LogP contribution in [0.1, 0.15) is 46.1 Å². The Morgan fingerprint density at radius 2 is 1.81 bits per heavy atom. The van der Waals surface area contributed by atoms with Crippen LogP contribution in [0.5, 0.6) is 0 Å². The predicted molar refractivity (Wildman–Crippen MR) is 139 cm³/mol. The number of hydrogen-bond donors (Lipinski definition) is 5. The number of nitrogens with one attached hydrogen (secondary N) is 2. The number of carbonyl (C=O) groups excluding carboxylic acids is 3. The van der Waals surface area contributed by atoms with Gasteiger partial charge in [-0.25, -0.2) is 11.3 Å². The molecule has 0 bridgehead atoms. The van der Waals surface area contributed by atoms with Gasteiger partial charge in [0.2, 0.25) is 11.8 Å². The van der Waals surface area contributed by atoms with Gasteiger partial charge in [-0.3, -0.25) is 30.0 Å². The van der Waals surface area contributed by atoms with Crippen molar-refractivity contribution in [1.29, 1.82) is 0 Å². The topological polar surface area (TPSA) is 163 Å². The molecule has 0 radical (unpaired) electrons. The van der Waals surface area contributed by atoms with Gasteiger partial charge in [0.05, 0.1) is 30.3 Å². The largest absolute Gasteiger partial charge is 0.370 e. The number of hydrazine groups is 1. The van der Waals surface area contributed by atoms with Crippen molar-refractivity contribution in [2.75, 3.05) is 19.6 Å². The Kier molecular flexibility index (Phi) is 10.6. The molecule has 0 saturated carbocycles. The Labute approximate surface area is 213 Å². The van der Waals surface area contributed by atoms with Gasteiger partial charge in [-0.15, -0.1) is 0 Å². The van der Waals surface area contributed by atoms with Crippen LogP contribution in [0.2, 0.25) is 0 Å². The lowest BCUT2D eigenvalue weighted by atomic mass is 9.61. The van der Waals surface area contributed by atoms with Crippen LogP contribution in [-0.4, -0.2) is 53.3 Å². The summed E-state index contributed by atoms with van der Waals surface area (Å²) in [5, 5.41) is 9.79. The van der Waals surface area contributed by atoms with Gasteiger partial charge in [0.15, 0.2) is 11.7 Å². The number of ketones is 1.